The van der Waals surface area contributed by atoms with E-state index >= 15 is 0 Å². The number of nitrogens with zero attached hydrogens (tertiary/aromatic N) is 1. The molecule has 3 aromatic rings. The molecule has 2 aliphatic rings. The Morgan fingerprint density at radius 1 is 0.951 bits per heavy atom. The fraction of sp³-hybridized carbons (Fsp3) is 0.424. The lowest BCUT2D eigenvalue weighted by atomic mass is 9.86. The summed E-state index contributed by atoms with van der Waals surface area (Å²) in [5.74, 6) is 0.169. The zero-order chi connectivity index (χ0) is 29.2. The number of hydrogen-bond acceptors (Lipinski definition) is 4. The summed E-state index contributed by atoms with van der Waals surface area (Å²) >= 11 is 0. The van der Waals surface area contributed by atoms with E-state index in [1.54, 1.807) is 23.1 Å². The molecule has 1 heterocycles. The van der Waals surface area contributed by atoms with Crippen LogP contribution in [0.4, 0.5) is 10.1 Å². The van der Waals surface area contributed by atoms with Gasteiger partial charge in [-0.15, -0.1) is 0 Å². The molecule has 0 atom stereocenters. The minimum atomic E-state index is -4.04. The van der Waals surface area contributed by atoms with Crippen LogP contribution in [-0.2, 0) is 39.7 Å². The van der Waals surface area contributed by atoms with E-state index in [9.17, 15) is 17.6 Å². The van der Waals surface area contributed by atoms with Crippen LogP contribution in [0, 0.1) is 11.7 Å². The van der Waals surface area contributed by atoms with Crippen LogP contribution in [-0.4, -0.2) is 25.8 Å². The predicted octanol–water partition coefficient (Wildman–Crippen LogP) is 6.97. The van der Waals surface area contributed by atoms with Gasteiger partial charge in [0.05, 0.1) is 23.6 Å². The molecule has 1 N–H and O–H groups in total. The highest BCUT2D eigenvalue weighted by molar-refractivity contribution is 7.92. The standard InChI is InChI=1S/C33H39FN2O4S/c1-33(2,3)27-12-9-23(10-13-27)17-32(37)36-20-25-11-15-29(18-26(25)21-36)41(38,39)35-31-16-14-28(19-30(31)34)40-22-24-7-5-4-6-8-24/h9-16,18-19,24,35H,4-8,17,20-22H2,1-3H3. The van der Waals surface area contributed by atoms with E-state index in [-0.39, 0.29) is 28.3 Å². The second-order valence-electron chi connectivity index (χ2n) is 12.4. The maximum absolute atomic E-state index is 14.8. The fourth-order valence-corrected chi connectivity index (χ4v) is 6.68. The Balaban J connectivity index is 1.20. The fourth-order valence-electron chi connectivity index (χ4n) is 5.56. The smallest absolute Gasteiger partial charge is 0.261 e. The SMILES string of the molecule is CC(C)(C)c1ccc(CC(=O)N2Cc3ccc(S(=O)(=O)Nc4ccc(OCC5CCCCC5)cc4F)cc3C2)cc1. The van der Waals surface area contributed by atoms with Gasteiger partial charge in [0, 0.05) is 19.2 Å². The molecule has 0 bridgehead atoms. The number of carbonyl (C=O) groups is 1. The number of carbonyl (C=O) groups excluding carboxylic acids is 1. The van der Waals surface area contributed by atoms with Crippen molar-refractivity contribution in [3.8, 4) is 5.75 Å². The third-order valence-corrected chi connectivity index (χ3v) is 9.50. The molecule has 0 saturated heterocycles. The highest BCUT2D eigenvalue weighted by atomic mass is 32.2. The average molecular weight is 579 g/mol. The van der Waals surface area contributed by atoms with E-state index in [0.29, 0.717) is 31.4 Å². The van der Waals surface area contributed by atoms with Crippen molar-refractivity contribution in [1.29, 1.82) is 0 Å². The van der Waals surface area contributed by atoms with Gasteiger partial charge in [0.1, 0.15) is 5.75 Å². The number of hydrogen-bond donors (Lipinski definition) is 1. The Kier molecular flexibility index (Phi) is 8.41. The van der Waals surface area contributed by atoms with E-state index in [1.807, 2.05) is 12.1 Å². The highest BCUT2D eigenvalue weighted by Crippen LogP contribution is 2.30. The molecular formula is C33H39FN2O4S. The largest absolute Gasteiger partial charge is 0.493 e. The molecular weight excluding hydrogens is 539 g/mol. The second kappa shape index (κ2) is 11.8. The Hall–Kier alpha value is -3.39. The molecule has 3 aromatic carbocycles. The van der Waals surface area contributed by atoms with Crippen molar-refractivity contribution < 1.29 is 22.3 Å². The first-order valence-electron chi connectivity index (χ1n) is 14.4. The molecule has 1 aliphatic carbocycles. The number of fused-ring (bicyclic) bond motifs is 1. The van der Waals surface area contributed by atoms with Crippen LogP contribution in [0.1, 0.15) is 75.1 Å². The summed E-state index contributed by atoms with van der Waals surface area (Å²) in [6.07, 6.45) is 6.19. The summed E-state index contributed by atoms with van der Waals surface area (Å²) in [7, 11) is -4.04. The molecule has 6 nitrogen and oxygen atoms in total. The maximum atomic E-state index is 14.8. The van der Waals surface area contributed by atoms with Gasteiger partial charge in [-0.05, 0) is 70.7 Å². The highest BCUT2D eigenvalue weighted by Gasteiger charge is 2.26. The molecule has 0 spiro atoms. The van der Waals surface area contributed by atoms with Gasteiger partial charge in [-0.1, -0.05) is 70.4 Å². The summed E-state index contributed by atoms with van der Waals surface area (Å²) < 4.78 is 49.3. The molecule has 0 radical (unpaired) electrons. The third kappa shape index (κ3) is 7.10. The van der Waals surface area contributed by atoms with Crippen LogP contribution < -0.4 is 9.46 Å². The van der Waals surface area contributed by atoms with Crippen molar-refractivity contribution in [3.63, 3.8) is 0 Å². The van der Waals surface area contributed by atoms with Crippen LogP contribution >= 0.6 is 0 Å². The topological polar surface area (TPSA) is 75.7 Å². The van der Waals surface area contributed by atoms with Crippen molar-refractivity contribution in [2.24, 2.45) is 5.92 Å². The zero-order valence-electron chi connectivity index (χ0n) is 24.1. The third-order valence-electron chi connectivity index (χ3n) is 8.13. The summed E-state index contributed by atoms with van der Waals surface area (Å²) in [4.78, 5) is 14.8. The first kappa shape index (κ1) is 29.1. The number of sulfonamides is 1. The Morgan fingerprint density at radius 3 is 2.34 bits per heavy atom. The van der Waals surface area contributed by atoms with Gasteiger partial charge in [-0.3, -0.25) is 9.52 Å². The van der Waals surface area contributed by atoms with Crippen molar-refractivity contribution in [2.75, 3.05) is 11.3 Å². The Morgan fingerprint density at radius 2 is 1.66 bits per heavy atom. The van der Waals surface area contributed by atoms with E-state index in [2.05, 4.69) is 37.6 Å². The van der Waals surface area contributed by atoms with Crippen LogP contribution in [0.3, 0.4) is 0 Å². The lowest BCUT2D eigenvalue weighted by Crippen LogP contribution is -2.26. The molecule has 41 heavy (non-hydrogen) atoms. The van der Waals surface area contributed by atoms with Gasteiger partial charge in [0.15, 0.2) is 5.82 Å². The molecule has 1 fully saturated rings. The summed E-state index contributed by atoms with van der Waals surface area (Å²) in [6.45, 7) is 7.76. The summed E-state index contributed by atoms with van der Waals surface area (Å²) in [6, 6.07) is 17.1. The lowest BCUT2D eigenvalue weighted by Gasteiger charge is -2.21. The predicted molar refractivity (Wildman–Crippen MR) is 159 cm³/mol. The molecule has 1 aliphatic heterocycles. The zero-order valence-corrected chi connectivity index (χ0v) is 24.9. The summed E-state index contributed by atoms with van der Waals surface area (Å²) in [5, 5.41) is 0. The van der Waals surface area contributed by atoms with Gasteiger partial charge in [0.25, 0.3) is 10.0 Å². The van der Waals surface area contributed by atoms with E-state index in [4.69, 9.17) is 4.74 Å². The Bertz CT molecular complexity index is 1510. The Labute approximate surface area is 243 Å². The second-order valence-corrected chi connectivity index (χ2v) is 14.0. The number of benzene rings is 3. The van der Waals surface area contributed by atoms with Crippen LogP contribution in [0.5, 0.6) is 5.75 Å². The van der Waals surface area contributed by atoms with Gasteiger partial charge in [0.2, 0.25) is 5.91 Å². The van der Waals surface area contributed by atoms with Crippen molar-refractivity contribution >= 4 is 21.6 Å². The number of anilines is 1. The van der Waals surface area contributed by atoms with Crippen molar-refractivity contribution in [2.45, 2.75) is 82.7 Å². The quantitative estimate of drug-likeness (QED) is 0.313. The first-order valence-corrected chi connectivity index (χ1v) is 15.9. The molecule has 5 rings (SSSR count). The van der Waals surface area contributed by atoms with Crippen molar-refractivity contribution in [3.05, 3.63) is 88.7 Å². The number of halogens is 1. The molecule has 218 valence electrons. The van der Waals surface area contributed by atoms with Crippen LogP contribution in [0.15, 0.2) is 65.6 Å². The lowest BCUT2D eigenvalue weighted by molar-refractivity contribution is -0.131. The number of amides is 1. The van der Waals surface area contributed by atoms with Gasteiger partial charge >= 0.3 is 0 Å². The van der Waals surface area contributed by atoms with E-state index in [0.717, 1.165) is 29.5 Å². The van der Waals surface area contributed by atoms with Crippen LogP contribution in [0.2, 0.25) is 0 Å². The number of nitrogens with one attached hydrogen (secondary N) is 1. The van der Waals surface area contributed by atoms with E-state index in [1.165, 1.54) is 43.0 Å². The molecule has 0 aromatic heterocycles. The summed E-state index contributed by atoms with van der Waals surface area (Å²) in [5.41, 5.74) is 3.75. The van der Waals surface area contributed by atoms with Crippen LogP contribution in [0.25, 0.3) is 0 Å². The number of rotatable bonds is 8. The molecule has 1 saturated carbocycles. The number of ether oxygens (including phenoxy) is 1. The molecule has 1 amide bonds. The van der Waals surface area contributed by atoms with E-state index < -0.39 is 15.8 Å². The van der Waals surface area contributed by atoms with Crippen molar-refractivity contribution in [1.82, 2.24) is 4.90 Å². The molecule has 8 heteroatoms. The maximum Gasteiger partial charge on any atom is 0.261 e. The first-order chi connectivity index (χ1) is 19.5. The van der Waals surface area contributed by atoms with Gasteiger partial charge in [-0.2, -0.15) is 0 Å². The monoisotopic (exact) mass is 578 g/mol. The van der Waals surface area contributed by atoms with Gasteiger partial charge < -0.3 is 9.64 Å². The molecule has 0 unspecified atom stereocenters. The normalized spacial score (nSPS) is 16.0. The average Bonchev–Trinajstić information content (AvgIpc) is 3.38. The van der Waals surface area contributed by atoms with Gasteiger partial charge in [-0.25, -0.2) is 12.8 Å². The minimum absolute atomic E-state index is 0.0138. The minimum Gasteiger partial charge on any atom is -0.493 e.